The summed E-state index contributed by atoms with van der Waals surface area (Å²) in [5, 5.41) is 0. The zero-order chi connectivity index (χ0) is 13.6. The van der Waals surface area contributed by atoms with Gasteiger partial charge in [0, 0.05) is 5.56 Å². The molecule has 0 saturated carbocycles. The third-order valence-electron chi connectivity index (χ3n) is 4.44. The molecule has 20 heavy (non-hydrogen) atoms. The van der Waals surface area contributed by atoms with Crippen molar-refractivity contribution >= 4 is 5.78 Å². The highest BCUT2D eigenvalue weighted by Gasteiger charge is 2.62. The first-order valence-electron chi connectivity index (χ1n) is 7.17. The molecule has 1 spiro atoms. The van der Waals surface area contributed by atoms with Gasteiger partial charge < -0.3 is 4.74 Å². The largest absolute Gasteiger partial charge is 0.352 e. The maximum Gasteiger partial charge on any atom is 0.197 e. The van der Waals surface area contributed by atoms with E-state index in [0.717, 1.165) is 36.0 Å². The van der Waals surface area contributed by atoms with Gasteiger partial charge in [0.2, 0.25) is 0 Å². The van der Waals surface area contributed by atoms with E-state index in [4.69, 9.17) is 4.74 Å². The average Bonchev–Trinajstić information content (AvgIpc) is 3.25. The predicted octanol–water partition coefficient (Wildman–Crippen LogP) is 3.72. The second-order valence-electron chi connectivity index (χ2n) is 5.64. The normalized spacial score (nSPS) is 28.0. The molecule has 2 atom stereocenters. The Bertz CT molecular complexity index is 662. The van der Waals surface area contributed by atoms with Gasteiger partial charge >= 0.3 is 0 Å². The summed E-state index contributed by atoms with van der Waals surface area (Å²) < 4.78 is 5.93. The number of rotatable bonds is 1. The molecule has 2 aromatic rings. The van der Waals surface area contributed by atoms with E-state index < -0.39 is 5.60 Å². The van der Waals surface area contributed by atoms with Crippen molar-refractivity contribution in [3.8, 4) is 0 Å². The summed E-state index contributed by atoms with van der Waals surface area (Å²) in [6, 6.07) is 18.0. The van der Waals surface area contributed by atoms with Crippen LogP contribution in [-0.4, -0.2) is 11.4 Å². The maximum atomic E-state index is 12.9. The molecule has 2 aromatic carbocycles. The van der Waals surface area contributed by atoms with Gasteiger partial charge in [-0.05, 0) is 30.4 Å². The molecule has 4 rings (SSSR count). The van der Waals surface area contributed by atoms with Crippen LogP contribution in [0.25, 0.3) is 0 Å². The Morgan fingerprint density at radius 2 is 1.75 bits per heavy atom. The molecular weight excluding hydrogens is 248 g/mol. The number of fused-ring (bicyclic) bond motifs is 1. The minimum absolute atomic E-state index is 0.0673. The van der Waals surface area contributed by atoms with Crippen LogP contribution in [0.2, 0.25) is 0 Å². The molecule has 1 fully saturated rings. The van der Waals surface area contributed by atoms with E-state index in [1.807, 2.05) is 48.5 Å². The summed E-state index contributed by atoms with van der Waals surface area (Å²) in [6.45, 7) is 0. The summed E-state index contributed by atoms with van der Waals surface area (Å²) in [4.78, 5) is 12.9. The van der Waals surface area contributed by atoms with Crippen molar-refractivity contribution in [3.05, 3.63) is 71.3 Å². The van der Waals surface area contributed by atoms with Crippen molar-refractivity contribution in [1.82, 2.24) is 0 Å². The monoisotopic (exact) mass is 264 g/mol. The molecule has 0 unspecified atom stereocenters. The van der Waals surface area contributed by atoms with Crippen LogP contribution in [0.1, 0.15) is 40.4 Å². The van der Waals surface area contributed by atoms with Crippen LogP contribution in [0.3, 0.4) is 0 Å². The van der Waals surface area contributed by atoms with Crippen molar-refractivity contribution in [3.63, 3.8) is 0 Å². The van der Waals surface area contributed by atoms with Crippen LogP contribution in [0.4, 0.5) is 0 Å². The fourth-order valence-electron chi connectivity index (χ4n) is 3.35. The molecule has 1 heterocycles. The number of Topliss-reactive ketones (excluding diaryl/α,β-unsaturated/α-hetero) is 1. The fraction of sp³-hybridized carbons (Fsp3) is 0.278. The summed E-state index contributed by atoms with van der Waals surface area (Å²) >= 11 is 0. The highest BCUT2D eigenvalue weighted by atomic mass is 16.6. The second kappa shape index (κ2) is 4.29. The minimum Gasteiger partial charge on any atom is -0.352 e. The van der Waals surface area contributed by atoms with E-state index in [9.17, 15) is 4.79 Å². The molecule has 0 amide bonds. The fourth-order valence-corrected chi connectivity index (χ4v) is 3.35. The Balaban J connectivity index is 1.73. The van der Waals surface area contributed by atoms with Gasteiger partial charge in [0.05, 0.1) is 0 Å². The van der Waals surface area contributed by atoms with Crippen LogP contribution in [0, 0.1) is 0 Å². The Hall–Kier alpha value is -1.93. The lowest BCUT2D eigenvalue weighted by atomic mass is 9.89. The molecule has 0 bridgehead atoms. The van der Waals surface area contributed by atoms with Crippen LogP contribution < -0.4 is 0 Å². The standard InChI is InChI=1S/C18H16O2/c19-16-15-11-5-4-7-13(15)10-6-12-18(16)17(20-18)14-8-2-1-3-9-14/h1-5,7-9,11,17H,6,10,12H2/t17-,18+/m1/s1. The third kappa shape index (κ3) is 1.65. The number of aryl methyl sites for hydroxylation is 1. The number of ether oxygens (including phenoxy) is 1. The molecule has 0 aromatic heterocycles. The van der Waals surface area contributed by atoms with Crippen molar-refractivity contribution in [2.75, 3.05) is 0 Å². The van der Waals surface area contributed by atoms with E-state index in [2.05, 4.69) is 6.07 Å². The van der Waals surface area contributed by atoms with Gasteiger partial charge in [0.15, 0.2) is 11.4 Å². The molecular formula is C18H16O2. The molecule has 1 saturated heterocycles. The summed E-state index contributed by atoms with van der Waals surface area (Å²) in [7, 11) is 0. The molecule has 2 aliphatic rings. The summed E-state index contributed by atoms with van der Waals surface area (Å²) in [5.41, 5.74) is 2.52. The van der Waals surface area contributed by atoms with E-state index in [-0.39, 0.29) is 11.9 Å². The Morgan fingerprint density at radius 3 is 2.60 bits per heavy atom. The molecule has 0 radical (unpaired) electrons. The lowest BCUT2D eigenvalue weighted by Crippen LogP contribution is -2.24. The van der Waals surface area contributed by atoms with Crippen LogP contribution >= 0.6 is 0 Å². The molecule has 1 aliphatic carbocycles. The molecule has 1 aliphatic heterocycles. The maximum absolute atomic E-state index is 12.9. The van der Waals surface area contributed by atoms with Gasteiger partial charge in [0.1, 0.15) is 6.10 Å². The minimum atomic E-state index is -0.603. The Labute approximate surface area is 118 Å². The Kier molecular flexibility index (Phi) is 2.54. The number of carbonyl (C=O) groups excluding carboxylic acids is 1. The number of benzene rings is 2. The molecule has 2 heteroatoms. The third-order valence-corrected chi connectivity index (χ3v) is 4.44. The van der Waals surface area contributed by atoms with Gasteiger partial charge in [-0.1, -0.05) is 54.6 Å². The van der Waals surface area contributed by atoms with Gasteiger partial charge in [-0.25, -0.2) is 0 Å². The van der Waals surface area contributed by atoms with E-state index in [1.165, 1.54) is 0 Å². The van der Waals surface area contributed by atoms with Crippen molar-refractivity contribution in [2.24, 2.45) is 0 Å². The first-order valence-corrected chi connectivity index (χ1v) is 7.17. The highest BCUT2D eigenvalue weighted by molar-refractivity contribution is 6.06. The van der Waals surface area contributed by atoms with Crippen LogP contribution in [0.5, 0.6) is 0 Å². The topological polar surface area (TPSA) is 29.6 Å². The highest BCUT2D eigenvalue weighted by Crippen LogP contribution is 2.55. The van der Waals surface area contributed by atoms with Gasteiger partial charge in [-0.15, -0.1) is 0 Å². The smallest absolute Gasteiger partial charge is 0.197 e. The van der Waals surface area contributed by atoms with E-state index in [0.29, 0.717) is 0 Å². The number of ketones is 1. The van der Waals surface area contributed by atoms with Crippen molar-refractivity contribution in [2.45, 2.75) is 31.0 Å². The quantitative estimate of drug-likeness (QED) is 0.735. The zero-order valence-corrected chi connectivity index (χ0v) is 11.2. The molecule has 0 N–H and O–H groups in total. The first-order chi connectivity index (χ1) is 9.81. The van der Waals surface area contributed by atoms with E-state index >= 15 is 0 Å². The van der Waals surface area contributed by atoms with Crippen molar-refractivity contribution < 1.29 is 9.53 Å². The van der Waals surface area contributed by atoms with Gasteiger partial charge in [-0.2, -0.15) is 0 Å². The van der Waals surface area contributed by atoms with Crippen molar-refractivity contribution in [1.29, 1.82) is 0 Å². The number of epoxide rings is 1. The predicted molar refractivity (Wildman–Crippen MR) is 76.7 cm³/mol. The summed E-state index contributed by atoms with van der Waals surface area (Å²) in [6.07, 6.45) is 2.73. The number of carbonyl (C=O) groups is 1. The molecule has 100 valence electrons. The van der Waals surface area contributed by atoms with Gasteiger partial charge in [0.25, 0.3) is 0 Å². The second-order valence-corrected chi connectivity index (χ2v) is 5.64. The lowest BCUT2D eigenvalue weighted by molar-refractivity contribution is 0.0867. The number of hydrogen-bond donors (Lipinski definition) is 0. The molecule has 2 nitrogen and oxygen atoms in total. The SMILES string of the molecule is O=C1c2ccccc2CCC[C@]12O[C@@H]2c1ccccc1. The van der Waals surface area contributed by atoms with Gasteiger partial charge in [-0.3, -0.25) is 4.79 Å². The number of hydrogen-bond acceptors (Lipinski definition) is 2. The lowest BCUT2D eigenvalue weighted by Gasteiger charge is -2.09. The van der Waals surface area contributed by atoms with Crippen LogP contribution in [-0.2, 0) is 11.2 Å². The zero-order valence-electron chi connectivity index (χ0n) is 11.2. The average molecular weight is 264 g/mol. The van der Waals surface area contributed by atoms with E-state index in [1.54, 1.807) is 0 Å². The Morgan fingerprint density at radius 1 is 1.00 bits per heavy atom. The summed E-state index contributed by atoms with van der Waals surface area (Å²) in [5.74, 6) is 0.166. The van der Waals surface area contributed by atoms with Crippen LogP contribution in [0.15, 0.2) is 54.6 Å². The first kappa shape index (κ1) is 11.9.